The Morgan fingerprint density at radius 2 is 1.50 bits per heavy atom. The lowest BCUT2D eigenvalue weighted by molar-refractivity contribution is -0.113. The quantitative estimate of drug-likeness (QED) is 0.594. The molecule has 5 nitrogen and oxygen atoms in total. The van der Waals surface area contributed by atoms with Crippen molar-refractivity contribution in [2.45, 2.75) is 71.6 Å². The molecule has 0 heterocycles. The molecule has 0 fully saturated rings. The van der Waals surface area contributed by atoms with Crippen LogP contribution in [0.1, 0.15) is 52.7 Å². The molecule has 0 bridgehead atoms. The second-order valence-corrected chi connectivity index (χ2v) is 8.19. The van der Waals surface area contributed by atoms with Crippen molar-refractivity contribution in [2.75, 3.05) is 12.9 Å². The molecule has 0 aliphatic rings. The van der Waals surface area contributed by atoms with E-state index in [0.717, 1.165) is 5.56 Å². The van der Waals surface area contributed by atoms with Crippen molar-refractivity contribution < 1.29 is 23.0 Å². The summed E-state index contributed by atoms with van der Waals surface area (Å²) >= 11 is -1.35. The first-order valence-electron chi connectivity index (χ1n) is 9.21. The number of aliphatic hydroxyl groups excluding tert-OH is 1. The van der Waals surface area contributed by atoms with Crippen molar-refractivity contribution in [1.82, 2.24) is 0 Å². The highest BCUT2D eigenvalue weighted by Gasteiger charge is 2.31. The molecule has 0 aliphatic heterocycles. The summed E-state index contributed by atoms with van der Waals surface area (Å²) in [6, 6.07) is 9.57. The van der Waals surface area contributed by atoms with E-state index in [-0.39, 0.29) is 36.9 Å². The average Bonchev–Trinajstić information content (AvgIpc) is 2.57. The van der Waals surface area contributed by atoms with Gasteiger partial charge in [-0.1, -0.05) is 37.3 Å². The standard InChI is InChI=1S/C20H34O5S/c1-14(2)24-19(12-18(21)17-10-8-7-9-11-17)16(5)20(25-15(3)4)13-23-26(6)22/h7-11,14-16,18-21H,12-13H2,1-6H3/t16-,18+,19+,20-,26?/m1/s1. The summed E-state index contributed by atoms with van der Waals surface area (Å²) in [5.74, 6) is -0.0401. The first-order chi connectivity index (χ1) is 12.2. The minimum absolute atomic E-state index is 0.00934. The number of rotatable bonds is 12. The number of aliphatic hydroxyl groups is 1. The van der Waals surface area contributed by atoms with E-state index in [9.17, 15) is 9.32 Å². The van der Waals surface area contributed by atoms with Crippen LogP contribution in [0.5, 0.6) is 0 Å². The summed E-state index contributed by atoms with van der Waals surface area (Å²) in [5, 5.41) is 10.6. The van der Waals surface area contributed by atoms with Crippen LogP contribution in [-0.2, 0) is 24.7 Å². The van der Waals surface area contributed by atoms with Crippen molar-refractivity contribution in [3.05, 3.63) is 35.9 Å². The molecule has 0 aromatic heterocycles. The molecule has 0 spiro atoms. The van der Waals surface area contributed by atoms with Gasteiger partial charge in [0.05, 0.1) is 37.1 Å². The van der Waals surface area contributed by atoms with Gasteiger partial charge in [-0.3, -0.25) is 4.18 Å². The van der Waals surface area contributed by atoms with Crippen LogP contribution in [-0.4, -0.2) is 46.6 Å². The van der Waals surface area contributed by atoms with Crippen LogP contribution in [0.25, 0.3) is 0 Å². The lowest BCUT2D eigenvalue weighted by atomic mass is 9.91. The number of benzene rings is 1. The second kappa shape index (κ2) is 11.8. The fourth-order valence-electron chi connectivity index (χ4n) is 2.84. The van der Waals surface area contributed by atoms with Gasteiger partial charge in [0, 0.05) is 18.6 Å². The normalized spacial score (nSPS) is 17.9. The van der Waals surface area contributed by atoms with Crippen LogP contribution < -0.4 is 0 Å². The van der Waals surface area contributed by atoms with Crippen LogP contribution in [0.15, 0.2) is 30.3 Å². The maximum absolute atomic E-state index is 11.3. The van der Waals surface area contributed by atoms with E-state index < -0.39 is 17.2 Å². The number of hydrogen-bond acceptors (Lipinski definition) is 5. The van der Waals surface area contributed by atoms with E-state index in [1.54, 1.807) is 0 Å². The highest BCUT2D eigenvalue weighted by Crippen LogP contribution is 2.27. The Labute approximate surface area is 160 Å². The second-order valence-electron chi connectivity index (χ2n) is 7.15. The summed E-state index contributed by atoms with van der Waals surface area (Å²) in [4.78, 5) is 0. The third-order valence-electron chi connectivity index (χ3n) is 4.10. The molecule has 0 aliphatic carbocycles. The van der Waals surface area contributed by atoms with Gasteiger partial charge in [-0.2, -0.15) is 0 Å². The lowest BCUT2D eigenvalue weighted by Gasteiger charge is -2.34. The van der Waals surface area contributed by atoms with Gasteiger partial charge in [0.25, 0.3) is 0 Å². The summed E-state index contributed by atoms with van der Waals surface area (Å²) in [5.41, 5.74) is 0.865. The molecule has 150 valence electrons. The zero-order valence-corrected chi connectivity index (χ0v) is 17.6. The highest BCUT2D eigenvalue weighted by atomic mass is 32.2. The Balaban J connectivity index is 2.89. The largest absolute Gasteiger partial charge is 0.388 e. The van der Waals surface area contributed by atoms with E-state index in [2.05, 4.69) is 0 Å². The van der Waals surface area contributed by atoms with Gasteiger partial charge in [0.1, 0.15) is 0 Å². The lowest BCUT2D eigenvalue weighted by Crippen LogP contribution is -2.40. The van der Waals surface area contributed by atoms with Crippen LogP contribution in [0.2, 0.25) is 0 Å². The monoisotopic (exact) mass is 386 g/mol. The molecular weight excluding hydrogens is 352 g/mol. The molecule has 1 rings (SSSR count). The molecule has 6 heteroatoms. The van der Waals surface area contributed by atoms with Crippen molar-refractivity contribution in [3.8, 4) is 0 Å². The molecule has 0 saturated heterocycles. The molecule has 1 N–H and O–H groups in total. The van der Waals surface area contributed by atoms with Crippen molar-refractivity contribution in [2.24, 2.45) is 5.92 Å². The van der Waals surface area contributed by atoms with Gasteiger partial charge in [0.15, 0.2) is 11.1 Å². The van der Waals surface area contributed by atoms with E-state index in [1.807, 2.05) is 65.0 Å². The fourth-order valence-corrected chi connectivity index (χ4v) is 3.17. The Bertz CT molecular complexity index is 520. The predicted molar refractivity (Wildman–Crippen MR) is 105 cm³/mol. The van der Waals surface area contributed by atoms with Gasteiger partial charge in [-0.25, -0.2) is 4.21 Å². The Hall–Kier alpha value is -0.790. The average molecular weight is 387 g/mol. The van der Waals surface area contributed by atoms with Crippen LogP contribution in [0, 0.1) is 5.92 Å². The van der Waals surface area contributed by atoms with E-state index in [0.29, 0.717) is 6.42 Å². The highest BCUT2D eigenvalue weighted by molar-refractivity contribution is 7.79. The summed E-state index contributed by atoms with van der Waals surface area (Å²) < 4.78 is 28.7. The summed E-state index contributed by atoms with van der Waals surface area (Å²) in [6.07, 6.45) is 0.868. The molecule has 1 aromatic carbocycles. The predicted octanol–water partition coefficient (Wildman–Crippen LogP) is 3.64. The zero-order chi connectivity index (χ0) is 19.7. The van der Waals surface area contributed by atoms with Crippen molar-refractivity contribution in [3.63, 3.8) is 0 Å². The van der Waals surface area contributed by atoms with Crippen molar-refractivity contribution in [1.29, 1.82) is 0 Å². The van der Waals surface area contributed by atoms with Gasteiger partial charge < -0.3 is 14.6 Å². The Morgan fingerprint density at radius 3 is 2.00 bits per heavy atom. The van der Waals surface area contributed by atoms with Crippen LogP contribution >= 0.6 is 0 Å². The van der Waals surface area contributed by atoms with E-state index >= 15 is 0 Å². The van der Waals surface area contributed by atoms with Crippen LogP contribution in [0.3, 0.4) is 0 Å². The third kappa shape index (κ3) is 8.73. The van der Waals surface area contributed by atoms with E-state index in [1.165, 1.54) is 6.26 Å². The maximum Gasteiger partial charge on any atom is 0.152 e. The molecule has 0 saturated carbocycles. The molecule has 1 unspecified atom stereocenters. The molecule has 0 amide bonds. The smallest absolute Gasteiger partial charge is 0.152 e. The zero-order valence-electron chi connectivity index (χ0n) is 16.8. The van der Waals surface area contributed by atoms with Crippen LogP contribution in [0.4, 0.5) is 0 Å². The fraction of sp³-hybridized carbons (Fsp3) is 0.700. The first kappa shape index (κ1) is 23.2. The van der Waals surface area contributed by atoms with E-state index in [4.69, 9.17) is 13.7 Å². The minimum Gasteiger partial charge on any atom is -0.388 e. The summed E-state index contributed by atoms with van der Waals surface area (Å²) in [7, 11) is 0. The first-order valence-corrected chi connectivity index (χ1v) is 10.7. The van der Waals surface area contributed by atoms with Gasteiger partial charge >= 0.3 is 0 Å². The minimum atomic E-state index is -1.35. The molecular formula is C20H34O5S. The summed E-state index contributed by atoms with van der Waals surface area (Å²) in [6.45, 7) is 10.1. The third-order valence-corrected chi connectivity index (χ3v) is 4.57. The van der Waals surface area contributed by atoms with Crippen molar-refractivity contribution >= 4 is 11.1 Å². The van der Waals surface area contributed by atoms with Gasteiger partial charge in [0.2, 0.25) is 0 Å². The maximum atomic E-state index is 11.3. The SMILES string of the molecule is CC(C)O[C@@H](C[C@H](O)c1ccccc1)[C@@H](C)[C@@H](COS(C)=O)OC(C)C. The Kier molecular flexibility index (Phi) is 10.6. The topological polar surface area (TPSA) is 65.0 Å². The number of hydrogen-bond donors (Lipinski definition) is 1. The molecule has 0 radical (unpaired) electrons. The van der Waals surface area contributed by atoms with Gasteiger partial charge in [-0.15, -0.1) is 0 Å². The molecule has 5 atom stereocenters. The molecule has 1 aromatic rings. The number of ether oxygens (including phenoxy) is 2. The van der Waals surface area contributed by atoms with Gasteiger partial charge in [-0.05, 0) is 33.3 Å². The Morgan fingerprint density at radius 1 is 0.962 bits per heavy atom. The molecule has 26 heavy (non-hydrogen) atoms.